The highest BCUT2D eigenvalue weighted by atomic mass is 15.2. The van der Waals surface area contributed by atoms with Gasteiger partial charge in [0.2, 0.25) is 0 Å². The first-order valence-electron chi connectivity index (χ1n) is 8.66. The average molecular weight is 266 g/mol. The van der Waals surface area contributed by atoms with E-state index >= 15 is 0 Å². The molecule has 1 aliphatic heterocycles. The molecule has 2 heteroatoms. The predicted octanol–water partition coefficient (Wildman–Crippen LogP) is 3.67. The molecule has 2 aliphatic rings. The van der Waals surface area contributed by atoms with Gasteiger partial charge in [0.1, 0.15) is 0 Å². The SMILES string of the molecule is CCC1CCC(N(CC(C)C)CC2CCCN2)CC1. The highest BCUT2D eigenvalue weighted by molar-refractivity contribution is 4.84. The Balaban J connectivity index is 1.85. The van der Waals surface area contributed by atoms with Gasteiger partial charge in [0, 0.05) is 25.2 Å². The van der Waals surface area contributed by atoms with Gasteiger partial charge in [0.25, 0.3) is 0 Å². The maximum atomic E-state index is 3.68. The van der Waals surface area contributed by atoms with Gasteiger partial charge in [0.15, 0.2) is 0 Å². The molecule has 0 radical (unpaired) electrons. The standard InChI is InChI=1S/C17H34N2/c1-4-15-7-9-17(10-8-15)19(12-14(2)3)13-16-6-5-11-18-16/h14-18H,4-13H2,1-3H3. The first-order chi connectivity index (χ1) is 9.19. The molecular weight excluding hydrogens is 232 g/mol. The van der Waals surface area contributed by atoms with Gasteiger partial charge >= 0.3 is 0 Å². The highest BCUT2D eigenvalue weighted by Gasteiger charge is 2.27. The van der Waals surface area contributed by atoms with Crippen molar-refractivity contribution in [2.45, 2.75) is 77.8 Å². The summed E-state index contributed by atoms with van der Waals surface area (Å²) in [5.74, 6) is 1.81. The average Bonchev–Trinajstić information content (AvgIpc) is 2.90. The van der Waals surface area contributed by atoms with Gasteiger partial charge in [0.05, 0.1) is 0 Å². The maximum absolute atomic E-state index is 3.68. The maximum Gasteiger partial charge on any atom is 0.0195 e. The van der Waals surface area contributed by atoms with Crippen LogP contribution in [0.25, 0.3) is 0 Å². The topological polar surface area (TPSA) is 15.3 Å². The van der Waals surface area contributed by atoms with Crippen molar-refractivity contribution in [1.82, 2.24) is 10.2 Å². The van der Waals surface area contributed by atoms with E-state index in [4.69, 9.17) is 0 Å². The zero-order chi connectivity index (χ0) is 13.7. The van der Waals surface area contributed by atoms with Crippen molar-refractivity contribution in [1.29, 1.82) is 0 Å². The zero-order valence-corrected chi connectivity index (χ0v) is 13.3. The number of nitrogens with zero attached hydrogens (tertiary/aromatic N) is 1. The second kappa shape index (κ2) is 7.64. The smallest absolute Gasteiger partial charge is 0.0195 e. The minimum Gasteiger partial charge on any atom is -0.313 e. The summed E-state index contributed by atoms with van der Waals surface area (Å²) in [5.41, 5.74) is 0. The van der Waals surface area contributed by atoms with Crippen molar-refractivity contribution in [2.75, 3.05) is 19.6 Å². The van der Waals surface area contributed by atoms with Crippen LogP contribution >= 0.6 is 0 Å². The number of nitrogens with one attached hydrogen (secondary N) is 1. The van der Waals surface area contributed by atoms with Gasteiger partial charge in [-0.05, 0) is 56.9 Å². The summed E-state index contributed by atoms with van der Waals surface area (Å²) in [6, 6.07) is 1.63. The van der Waals surface area contributed by atoms with Crippen LogP contribution in [-0.4, -0.2) is 36.6 Å². The number of hydrogen-bond acceptors (Lipinski definition) is 2. The molecule has 1 N–H and O–H groups in total. The highest BCUT2D eigenvalue weighted by Crippen LogP contribution is 2.30. The van der Waals surface area contributed by atoms with Crippen LogP contribution in [0.4, 0.5) is 0 Å². The Morgan fingerprint density at radius 2 is 1.84 bits per heavy atom. The van der Waals surface area contributed by atoms with Gasteiger partial charge in [-0.3, -0.25) is 4.90 Å². The van der Waals surface area contributed by atoms with Crippen LogP contribution in [0.5, 0.6) is 0 Å². The summed E-state index contributed by atoms with van der Waals surface area (Å²) < 4.78 is 0. The molecule has 0 amide bonds. The first-order valence-corrected chi connectivity index (χ1v) is 8.66. The van der Waals surface area contributed by atoms with Crippen molar-refractivity contribution < 1.29 is 0 Å². The molecule has 2 nitrogen and oxygen atoms in total. The van der Waals surface area contributed by atoms with E-state index < -0.39 is 0 Å². The van der Waals surface area contributed by atoms with Crippen molar-refractivity contribution in [2.24, 2.45) is 11.8 Å². The lowest BCUT2D eigenvalue weighted by Crippen LogP contribution is -2.46. The summed E-state index contributed by atoms with van der Waals surface area (Å²) >= 11 is 0. The molecule has 1 aliphatic carbocycles. The monoisotopic (exact) mass is 266 g/mol. The van der Waals surface area contributed by atoms with Crippen LogP contribution in [-0.2, 0) is 0 Å². The molecule has 1 atom stereocenters. The van der Waals surface area contributed by atoms with Crippen molar-refractivity contribution >= 4 is 0 Å². The van der Waals surface area contributed by atoms with E-state index in [1.807, 2.05) is 0 Å². The summed E-state index contributed by atoms with van der Waals surface area (Å²) in [5, 5.41) is 3.68. The lowest BCUT2D eigenvalue weighted by molar-refractivity contribution is 0.112. The van der Waals surface area contributed by atoms with E-state index in [-0.39, 0.29) is 0 Å². The van der Waals surface area contributed by atoms with Crippen LogP contribution in [0.3, 0.4) is 0 Å². The summed E-state index contributed by atoms with van der Waals surface area (Å²) in [6.07, 6.45) is 9.97. The lowest BCUT2D eigenvalue weighted by Gasteiger charge is -2.39. The van der Waals surface area contributed by atoms with Gasteiger partial charge in [-0.1, -0.05) is 27.2 Å². The van der Waals surface area contributed by atoms with E-state index in [9.17, 15) is 0 Å². The third kappa shape index (κ3) is 4.75. The quantitative estimate of drug-likeness (QED) is 0.789. The van der Waals surface area contributed by atoms with Crippen LogP contribution in [0.2, 0.25) is 0 Å². The molecule has 0 spiro atoms. The Hall–Kier alpha value is -0.0800. The van der Waals surface area contributed by atoms with Crippen molar-refractivity contribution in [3.8, 4) is 0 Å². The van der Waals surface area contributed by atoms with E-state index in [2.05, 4.69) is 31.0 Å². The Kier molecular flexibility index (Phi) is 6.15. The second-order valence-corrected chi connectivity index (χ2v) is 7.22. The van der Waals surface area contributed by atoms with E-state index in [0.717, 1.165) is 23.9 Å². The third-order valence-corrected chi connectivity index (χ3v) is 5.13. The van der Waals surface area contributed by atoms with Crippen LogP contribution in [0, 0.1) is 11.8 Å². The molecular formula is C17H34N2. The third-order valence-electron chi connectivity index (χ3n) is 5.13. The largest absolute Gasteiger partial charge is 0.313 e. The number of hydrogen-bond donors (Lipinski definition) is 1. The minimum atomic E-state index is 0.766. The van der Waals surface area contributed by atoms with E-state index in [1.54, 1.807) is 0 Å². The minimum absolute atomic E-state index is 0.766. The second-order valence-electron chi connectivity index (χ2n) is 7.22. The lowest BCUT2D eigenvalue weighted by atomic mass is 9.83. The fourth-order valence-corrected chi connectivity index (χ4v) is 3.96. The molecule has 1 saturated carbocycles. The Bertz CT molecular complexity index is 238. The molecule has 0 bridgehead atoms. The summed E-state index contributed by atoms with van der Waals surface area (Å²) in [7, 11) is 0. The molecule has 0 aromatic rings. The fraction of sp³-hybridized carbons (Fsp3) is 1.00. The Morgan fingerprint density at radius 1 is 1.11 bits per heavy atom. The molecule has 2 rings (SSSR count). The molecule has 1 unspecified atom stereocenters. The normalized spacial score (nSPS) is 32.4. The van der Waals surface area contributed by atoms with Crippen LogP contribution < -0.4 is 5.32 Å². The first kappa shape index (κ1) is 15.3. The molecule has 0 aromatic heterocycles. The van der Waals surface area contributed by atoms with Gasteiger partial charge in [-0.2, -0.15) is 0 Å². The molecule has 0 aromatic carbocycles. The van der Waals surface area contributed by atoms with E-state index in [0.29, 0.717) is 0 Å². The summed E-state index contributed by atoms with van der Waals surface area (Å²) in [6.45, 7) is 10.9. The van der Waals surface area contributed by atoms with Gasteiger partial charge < -0.3 is 5.32 Å². The van der Waals surface area contributed by atoms with Gasteiger partial charge in [-0.25, -0.2) is 0 Å². The van der Waals surface area contributed by atoms with E-state index in [1.165, 1.54) is 64.6 Å². The van der Waals surface area contributed by atoms with Crippen molar-refractivity contribution in [3.05, 3.63) is 0 Å². The molecule has 112 valence electrons. The Labute approximate surface area is 120 Å². The van der Waals surface area contributed by atoms with Crippen LogP contribution in [0.1, 0.15) is 65.7 Å². The van der Waals surface area contributed by atoms with Crippen LogP contribution in [0.15, 0.2) is 0 Å². The number of rotatable bonds is 6. The van der Waals surface area contributed by atoms with Crippen molar-refractivity contribution in [3.63, 3.8) is 0 Å². The molecule has 1 heterocycles. The Morgan fingerprint density at radius 3 is 2.37 bits per heavy atom. The molecule has 2 fully saturated rings. The molecule has 1 saturated heterocycles. The zero-order valence-electron chi connectivity index (χ0n) is 13.3. The summed E-state index contributed by atoms with van der Waals surface area (Å²) in [4.78, 5) is 2.82. The predicted molar refractivity (Wildman–Crippen MR) is 83.5 cm³/mol. The molecule has 19 heavy (non-hydrogen) atoms. The van der Waals surface area contributed by atoms with Gasteiger partial charge in [-0.15, -0.1) is 0 Å². The fourth-order valence-electron chi connectivity index (χ4n) is 3.96.